The second-order valence-electron chi connectivity index (χ2n) is 5.03. The van der Waals surface area contributed by atoms with Gasteiger partial charge in [0, 0.05) is 5.56 Å². The number of carbonyl (C=O) groups excluding carboxylic acids is 1. The van der Waals surface area contributed by atoms with Crippen molar-refractivity contribution in [3.05, 3.63) is 115 Å². The Labute approximate surface area is 137 Å². The molecule has 0 saturated carbocycles. The third kappa shape index (κ3) is 5.20. The third-order valence-electron chi connectivity index (χ3n) is 3.26. The highest BCUT2D eigenvalue weighted by Crippen LogP contribution is 2.17. The van der Waals surface area contributed by atoms with E-state index in [9.17, 15) is 9.90 Å². The smallest absolute Gasteiger partial charge is 0.195 e. The van der Waals surface area contributed by atoms with E-state index in [1.165, 1.54) is 0 Å². The Morgan fingerprint density at radius 1 is 0.739 bits per heavy atom. The van der Waals surface area contributed by atoms with Crippen LogP contribution in [0.4, 0.5) is 0 Å². The maximum Gasteiger partial charge on any atom is 0.195 e. The summed E-state index contributed by atoms with van der Waals surface area (Å²) in [6.45, 7) is 3.72. The van der Waals surface area contributed by atoms with E-state index in [1.807, 2.05) is 42.5 Å². The molecule has 2 heteroatoms. The van der Waals surface area contributed by atoms with Crippen molar-refractivity contribution in [2.75, 3.05) is 0 Å². The number of Topliss-reactive ketones (excluding diaryl/α,β-unsaturated/α-hetero) is 1. The van der Waals surface area contributed by atoms with Gasteiger partial charge in [-0.3, -0.25) is 4.79 Å². The van der Waals surface area contributed by atoms with E-state index in [1.54, 1.807) is 48.5 Å². The SMILES string of the molecule is O=C(c1ccccc1)C(O)c1ccccc1.[CH2]c1ccccc1. The lowest BCUT2D eigenvalue weighted by molar-refractivity contribution is 0.0747. The normalized spacial score (nSPS) is 11.0. The van der Waals surface area contributed by atoms with E-state index < -0.39 is 6.10 Å². The van der Waals surface area contributed by atoms with Crippen molar-refractivity contribution in [1.82, 2.24) is 0 Å². The van der Waals surface area contributed by atoms with Gasteiger partial charge in [0.1, 0.15) is 6.10 Å². The minimum absolute atomic E-state index is 0.271. The van der Waals surface area contributed by atoms with E-state index in [2.05, 4.69) is 6.92 Å². The summed E-state index contributed by atoms with van der Waals surface area (Å²) in [4.78, 5) is 11.9. The van der Waals surface area contributed by atoms with Gasteiger partial charge in [-0.2, -0.15) is 0 Å². The highest BCUT2D eigenvalue weighted by Gasteiger charge is 2.18. The first kappa shape index (κ1) is 16.7. The summed E-state index contributed by atoms with van der Waals surface area (Å²) in [6.07, 6.45) is -1.08. The van der Waals surface area contributed by atoms with Crippen LogP contribution in [0.3, 0.4) is 0 Å². The summed E-state index contributed by atoms with van der Waals surface area (Å²) in [7, 11) is 0. The number of hydrogen-bond donors (Lipinski definition) is 1. The van der Waals surface area contributed by atoms with Gasteiger partial charge in [-0.25, -0.2) is 0 Å². The molecule has 0 fully saturated rings. The molecule has 1 radical (unpaired) electrons. The number of carbonyl (C=O) groups is 1. The third-order valence-corrected chi connectivity index (χ3v) is 3.26. The molecule has 0 spiro atoms. The maximum absolute atomic E-state index is 11.9. The van der Waals surface area contributed by atoms with Crippen LogP contribution >= 0.6 is 0 Å². The first-order valence-corrected chi connectivity index (χ1v) is 7.38. The molecule has 1 atom stereocenters. The van der Waals surface area contributed by atoms with Crippen molar-refractivity contribution >= 4 is 5.78 Å². The molecule has 0 heterocycles. The van der Waals surface area contributed by atoms with Gasteiger partial charge in [0.05, 0.1) is 0 Å². The van der Waals surface area contributed by atoms with Crippen LogP contribution in [0.15, 0.2) is 91.0 Å². The fourth-order valence-corrected chi connectivity index (χ4v) is 2.03. The summed E-state index contributed by atoms with van der Waals surface area (Å²) >= 11 is 0. The van der Waals surface area contributed by atoms with Gasteiger partial charge in [0.15, 0.2) is 5.78 Å². The maximum atomic E-state index is 11.9. The number of aliphatic hydroxyl groups excluding tert-OH is 1. The van der Waals surface area contributed by atoms with Gasteiger partial charge in [0.2, 0.25) is 0 Å². The van der Waals surface area contributed by atoms with Crippen molar-refractivity contribution in [1.29, 1.82) is 0 Å². The molecule has 115 valence electrons. The molecule has 0 bridgehead atoms. The van der Waals surface area contributed by atoms with Crippen LogP contribution in [-0.4, -0.2) is 10.9 Å². The fraction of sp³-hybridized carbons (Fsp3) is 0.0476. The molecule has 0 amide bonds. The predicted octanol–water partition coefficient (Wildman–Crippen LogP) is 4.47. The average molecular weight is 303 g/mol. The van der Waals surface area contributed by atoms with Gasteiger partial charge in [-0.05, 0) is 18.1 Å². The van der Waals surface area contributed by atoms with E-state index in [0.717, 1.165) is 5.56 Å². The van der Waals surface area contributed by atoms with Crippen molar-refractivity contribution in [2.45, 2.75) is 6.10 Å². The molecular weight excluding hydrogens is 284 g/mol. The molecule has 0 saturated heterocycles. The van der Waals surface area contributed by atoms with Crippen molar-refractivity contribution in [3.63, 3.8) is 0 Å². The molecule has 1 N–H and O–H groups in total. The molecule has 0 aliphatic heterocycles. The summed E-state index contributed by atoms with van der Waals surface area (Å²) in [6, 6.07) is 27.6. The topological polar surface area (TPSA) is 37.3 Å². The Hall–Kier alpha value is -2.71. The second-order valence-corrected chi connectivity index (χ2v) is 5.03. The van der Waals surface area contributed by atoms with E-state index in [-0.39, 0.29) is 5.78 Å². The van der Waals surface area contributed by atoms with Crippen LogP contribution in [0.25, 0.3) is 0 Å². The summed E-state index contributed by atoms with van der Waals surface area (Å²) in [5, 5.41) is 9.89. The van der Waals surface area contributed by atoms with Crippen molar-refractivity contribution in [2.24, 2.45) is 0 Å². The Balaban J connectivity index is 0.000000229. The first-order chi connectivity index (χ1) is 11.2. The van der Waals surface area contributed by atoms with Crippen LogP contribution < -0.4 is 0 Å². The Kier molecular flexibility index (Phi) is 6.28. The van der Waals surface area contributed by atoms with Gasteiger partial charge in [-0.1, -0.05) is 91.0 Å². The number of aliphatic hydroxyl groups is 1. The minimum Gasteiger partial charge on any atom is -0.380 e. The highest BCUT2D eigenvalue weighted by atomic mass is 16.3. The van der Waals surface area contributed by atoms with Gasteiger partial charge < -0.3 is 5.11 Å². The first-order valence-electron chi connectivity index (χ1n) is 7.38. The number of rotatable bonds is 3. The number of hydrogen-bond acceptors (Lipinski definition) is 2. The monoisotopic (exact) mass is 303 g/mol. The molecule has 0 aliphatic carbocycles. The lowest BCUT2D eigenvalue weighted by atomic mass is 10.0. The Bertz CT molecular complexity index is 707. The number of benzene rings is 3. The molecule has 3 aromatic carbocycles. The lowest BCUT2D eigenvalue weighted by Crippen LogP contribution is -2.11. The van der Waals surface area contributed by atoms with Crippen LogP contribution in [0, 0.1) is 6.92 Å². The zero-order chi connectivity index (χ0) is 16.5. The van der Waals surface area contributed by atoms with E-state index >= 15 is 0 Å². The minimum atomic E-state index is -1.08. The van der Waals surface area contributed by atoms with Crippen molar-refractivity contribution in [3.8, 4) is 0 Å². The van der Waals surface area contributed by atoms with Gasteiger partial charge in [0.25, 0.3) is 0 Å². The Morgan fingerprint density at radius 3 is 1.61 bits per heavy atom. The summed E-state index contributed by atoms with van der Waals surface area (Å²) in [5.41, 5.74) is 2.22. The zero-order valence-corrected chi connectivity index (χ0v) is 12.8. The van der Waals surface area contributed by atoms with Crippen LogP contribution in [0.1, 0.15) is 27.6 Å². The van der Waals surface area contributed by atoms with E-state index in [4.69, 9.17) is 0 Å². The van der Waals surface area contributed by atoms with E-state index in [0.29, 0.717) is 11.1 Å². The quantitative estimate of drug-likeness (QED) is 0.725. The molecule has 3 aromatic rings. The molecule has 3 rings (SSSR count). The van der Waals surface area contributed by atoms with Crippen LogP contribution in [0.2, 0.25) is 0 Å². The standard InChI is InChI=1S/C14H12O2.C7H7/c15-13(11-7-3-1-4-8-11)14(16)12-9-5-2-6-10-12;1-7-5-3-2-4-6-7/h1-10,13,15H;2-6H,1H2. The molecular formula is C21H19O2. The predicted molar refractivity (Wildman–Crippen MR) is 93.1 cm³/mol. The highest BCUT2D eigenvalue weighted by molar-refractivity contribution is 5.99. The summed E-state index contributed by atoms with van der Waals surface area (Å²) in [5.74, 6) is -0.271. The van der Waals surface area contributed by atoms with Crippen molar-refractivity contribution < 1.29 is 9.90 Å². The number of ketones is 1. The van der Waals surface area contributed by atoms with Gasteiger partial charge in [-0.15, -0.1) is 0 Å². The molecule has 1 unspecified atom stereocenters. The van der Waals surface area contributed by atoms with Gasteiger partial charge >= 0.3 is 0 Å². The second kappa shape index (κ2) is 8.66. The fourth-order valence-electron chi connectivity index (χ4n) is 2.03. The summed E-state index contributed by atoms with van der Waals surface area (Å²) < 4.78 is 0. The van der Waals surface area contributed by atoms with Crippen LogP contribution in [0.5, 0.6) is 0 Å². The molecule has 0 aliphatic rings. The van der Waals surface area contributed by atoms with Crippen LogP contribution in [-0.2, 0) is 0 Å². The zero-order valence-electron chi connectivity index (χ0n) is 12.8. The lowest BCUT2D eigenvalue weighted by Gasteiger charge is -2.09. The average Bonchev–Trinajstić information content (AvgIpc) is 2.63. The Morgan fingerprint density at radius 2 is 1.17 bits per heavy atom. The largest absolute Gasteiger partial charge is 0.380 e. The molecule has 23 heavy (non-hydrogen) atoms. The molecule has 2 nitrogen and oxygen atoms in total. The molecule has 0 aromatic heterocycles.